The van der Waals surface area contributed by atoms with E-state index in [1.807, 2.05) is 6.92 Å². The number of aromatic amines is 1. The standard InChI is InChI=1S/C13H19N3O4S/c1-2-8-3-4-16(10(5-8)11(17)18)12(19)14-6-9-7-21-13(20)15-9/h7-8,10H,2-6H2,1H3,(H,14,19)(H,15,20)(H,17,18). The van der Waals surface area contributed by atoms with E-state index in [1.54, 1.807) is 5.38 Å². The molecule has 2 heterocycles. The van der Waals surface area contributed by atoms with Gasteiger partial charge < -0.3 is 20.3 Å². The van der Waals surface area contributed by atoms with Gasteiger partial charge in [0.15, 0.2) is 0 Å². The van der Waals surface area contributed by atoms with Crippen molar-refractivity contribution >= 4 is 23.3 Å². The highest BCUT2D eigenvalue weighted by Gasteiger charge is 2.35. The second-order valence-electron chi connectivity index (χ2n) is 5.18. The zero-order chi connectivity index (χ0) is 15.4. The topological polar surface area (TPSA) is 103 Å². The summed E-state index contributed by atoms with van der Waals surface area (Å²) in [5.41, 5.74) is 0.619. The molecule has 0 radical (unpaired) electrons. The molecule has 21 heavy (non-hydrogen) atoms. The van der Waals surface area contributed by atoms with E-state index in [4.69, 9.17) is 0 Å². The molecule has 2 rings (SSSR count). The van der Waals surface area contributed by atoms with Crippen LogP contribution in [0.5, 0.6) is 0 Å². The molecule has 3 N–H and O–H groups in total. The van der Waals surface area contributed by atoms with Crippen LogP contribution in [0.1, 0.15) is 31.9 Å². The molecule has 0 aliphatic carbocycles. The van der Waals surface area contributed by atoms with Crippen LogP contribution in [0, 0.1) is 5.92 Å². The Kier molecular flexibility index (Phi) is 5.00. The van der Waals surface area contributed by atoms with Crippen LogP contribution in [0.25, 0.3) is 0 Å². The molecular weight excluding hydrogens is 294 g/mol. The SMILES string of the molecule is CCC1CCN(C(=O)NCc2csc(=O)[nH]2)C(C(=O)O)C1. The number of urea groups is 1. The molecule has 1 aromatic rings. The minimum absolute atomic E-state index is 0.175. The van der Waals surface area contributed by atoms with Gasteiger partial charge in [0.1, 0.15) is 6.04 Å². The number of likely N-dealkylation sites (tertiary alicyclic amines) is 1. The summed E-state index contributed by atoms with van der Waals surface area (Å²) in [6.07, 6.45) is 2.24. The number of aromatic nitrogens is 1. The van der Waals surface area contributed by atoms with E-state index in [-0.39, 0.29) is 11.4 Å². The number of H-pyrrole nitrogens is 1. The number of carbonyl (C=O) groups excluding carboxylic acids is 1. The molecule has 2 atom stereocenters. The first-order chi connectivity index (χ1) is 10.0. The van der Waals surface area contributed by atoms with Gasteiger partial charge in [0.2, 0.25) is 0 Å². The second-order valence-corrected chi connectivity index (χ2v) is 6.02. The Morgan fingerprint density at radius 3 is 2.90 bits per heavy atom. The van der Waals surface area contributed by atoms with E-state index in [1.165, 1.54) is 4.90 Å². The molecule has 0 saturated carbocycles. The van der Waals surface area contributed by atoms with E-state index in [0.717, 1.165) is 24.2 Å². The Morgan fingerprint density at radius 1 is 1.57 bits per heavy atom. The molecular formula is C13H19N3O4S. The zero-order valence-corrected chi connectivity index (χ0v) is 12.6. The van der Waals surface area contributed by atoms with Crippen molar-refractivity contribution in [3.8, 4) is 0 Å². The van der Waals surface area contributed by atoms with Crippen LogP contribution in [0.4, 0.5) is 4.79 Å². The lowest BCUT2D eigenvalue weighted by Crippen LogP contribution is -2.53. The van der Waals surface area contributed by atoms with E-state index >= 15 is 0 Å². The van der Waals surface area contributed by atoms with Gasteiger partial charge >= 0.3 is 16.9 Å². The number of carbonyl (C=O) groups is 2. The number of carboxylic acid groups (broad SMARTS) is 1. The van der Waals surface area contributed by atoms with Crippen molar-refractivity contribution in [2.75, 3.05) is 6.54 Å². The smallest absolute Gasteiger partial charge is 0.326 e. The number of amides is 2. The monoisotopic (exact) mass is 313 g/mol. The third kappa shape index (κ3) is 3.84. The van der Waals surface area contributed by atoms with E-state index < -0.39 is 18.0 Å². The van der Waals surface area contributed by atoms with Gasteiger partial charge in [-0.25, -0.2) is 9.59 Å². The lowest BCUT2D eigenvalue weighted by Gasteiger charge is -2.36. The highest BCUT2D eigenvalue weighted by atomic mass is 32.1. The summed E-state index contributed by atoms with van der Waals surface area (Å²) in [5.74, 6) is -0.615. The molecule has 0 spiro atoms. The van der Waals surface area contributed by atoms with Gasteiger partial charge in [0, 0.05) is 17.6 Å². The normalized spacial score (nSPS) is 22.0. The number of piperidine rings is 1. The summed E-state index contributed by atoms with van der Waals surface area (Å²) in [6, 6.07) is -1.17. The highest BCUT2D eigenvalue weighted by Crippen LogP contribution is 2.25. The molecule has 1 aliphatic rings. The van der Waals surface area contributed by atoms with Crippen molar-refractivity contribution in [1.29, 1.82) is 0 Å². The molecule has 7 nitrogen and oxygen atoms in total. The van der Waals surface area contributed by atoms with Gasteiger partial charge in [-0.2, -0.15) is 0 Å². The maximum atomic E-state index is 12.2. The summed E-state index contributed by atoms with van der Waals surface area (Å²) in [6.45, 7) is 2.67. The zero-order valence-electron chi connectivity index (χ0n) is 11.8. The van der Waals surface area contributed by atoms with Crippen molar-refractivity contribution in [3.05, 3.63) is 20.7 Å². The first-order valence-electron chi connectivity index (χ1n) is 6.95. The molecule has 0 aromatic carbocycles. The number of aliphatic carboxylic acids is 1. The van der Waals surface area contributed by atoms with E-state index in [9.17, 15) is 19.5 Å². The number of hydrogen-bond acceptors (Lipinski definition) is 4. The minimum atomic E-state index is -0.966. The number of nitrogens with one attached hydrogen (secondary N) is 2. The predicted octanol–water partition coefficient (Wildman–Crippen LogP) is 1.22. The molecule has 8 heteroatoms. The van der Waals surface area contributed by atoms with E-state index in [0.29, 0.717) is 24.6 Å². The Bertz CT molecular complexity index is 568. The van der Waals surface area contributed by atoms with Gasteiger partial charge in [0.05, 0.1) is 6.54 Å². The molecule has 1 fully saturated rings. The van der Waals surface area contributed by atoms with Crippen LogP contribution in [0.15, 0.2) is 10.2 Å². The molecule has 2 unspecified atom stereocenters. The van der Waals surface area contributed by atoms with Crippen LogP contribution in [-0.2, 0) is 11.3 Å². The second kappa shape index (κ2) is 6.75. The first-order valence-corrected chi connectivity index (χ1v) is 7.83. The molecule has 1 aromatic heterocycles. The fourth-order valence-electron chi connectivity index (χ4n) is 2.56. The quantitative estimate of drug-likeness (QED) is 0.777. The summed E-state index contributed by atoms with van der Waals surface area (Å²) in [5, 5.41) is 13.6. The average Bonchev–Trinajstić information content (AvgIpc) is 2.89. The minimum Gasteiger partial charge on any atom is -0.480 e. The largest absolute Gasteiger partial charge is 0.480 e. The van der Waals surface area contributed by atoms with Crippen LogP contribution in [0.3, 0.4) is 0 Å². The van der Waals surface area contributed by atoms with Crippen LogP contribution < -0.4 is 10.2 Å². The number of rotatable bonds is 4. The molecule has 116 valence electrons. The summed E-state index contributed by atoms with van der Waals surface area (Å²) >= 11 is 1.03. The Labute approximate surface area is 126 Å². The lowest BCUT2D eigenvalue weighted by molar-refractivity contribution is -0.144. The average molecular weight is 313 g/mol. The van der Waals surface area contributed by atoms with Gasteiger partial charge in [0.25, 0.3) is 0 Å². The van der Waals surface area contributed by atoms with Crippen molar-refractivity contribution < 1.29 is 14.7 Å². The third-order valence-corrected chi connectivity index (χ3v) is 4.55. The highest BCUT2D eigenvalue weighted by molar-refractivity contribution is 7.07. The van der Waals surface area contributed by atoms with Crippen molar-refractivity contribution in [1.82, 2.24) is 15.2 Å². The van der Waals surface area contributed by atoms with Crippen molar-refractivity contribution in [2.45, 2.75) is 38.8 Å². The summed E-state index contributed by atoms with van der Waals surface area (Å²) in [4.78, 5) is 38.3. The Hall–Kier alpha value is -1.83. The fourth-order valence-corrected chi connectivity index (χ4v) is 3.14. The van der Waals surface area contributed by atoms with Gasteiger partial charge in [-0.1, -0.05) is 24.7 Å². The Balaban J connectivity index is 1.96. The molecule has 0 bridgehead atoms. The fraction of sp³-hybridized carbons (Fsp3) is 0.615. The first kappa shape index (κ1) is 15.6. The summed E-state index contributed by atoms with van der Waals surface area (Å²) < 4.78 is 0. The Morgan fingerprint density at radius 2 is 2.33 bits per heavy atom. The molecule has 1 saturated heterocycles. The van der Waals surface area contributed by atoms with Crippen LogP contribution >= 0.6 is 11.3 Å². The summed E-state index contributed by atoms with van der Waals surface area (Å²) in [7, 11) is 0. The maximum absolute atomic E-state index is 12.2. The molecule has 1 aliphatic heterocycles. The maximum Gasteiger partial charge on any atom is 0.326 e. The van der Waals surface area contributed by atoms with Crippen molar-refractivity contribution in [2.24, 2.45) is 5.92 Å². The number of carboxylic acids is 1. The van der Waals surface area contributed by atoms with Gasteiger partial charge in [-0.3, -0.25) is 4.79 Å². The number of nitrogens with zero attached hydrogens (tertiary/aromatic N) is 1. The predicted molar refractivity (Wildman–Crippen MR) is 78.3 cm³/mol. The number of thiazole rings is 1. The van der Waals surface area contributed by atoms with Gasteiger partial charge in [-0.15, -0.1) is 0 Å². The van der Waals surface area contributed by atoms with Crippen LogP contribution in [0.2, 0.25) is 0 Å². The van der Waals surface area contributed by atoms with Gasteiger partial charge in [-0.05, 0) is 18.8 Å². The van der Waals surface area contributed by atoms with Crippen LogP contribution in [-0.4, -0.2) is 39.6 Å². The third-order valence-electron chi connectivity index (χ3n) is 3.84. The number of hydrogen-bond donors (Lipinski definition) is 3. The lowest BCUT2D eigenvalue weighted by atomic mass is 9.89. The molecule has 2 amide bonds. The van der Waals surface area contributed by atoms with Crippen molar-refractivity contribution in [3.63, 3.8) is 0 Å². The van der Waals surface area contributed by atoms with E-state index in [2.05, 4.69) is 10.3 Å².